The fourth-order valence-electron chi connectivity index (χ4n) is 3.11. The van der Waals surface area contributed by atoms with Gasteiger partial charge in [0, 0.05) is 6.54 Å². The second-order valence-electron chi connectivity index (χ2n) is 7.48. The molecule has 0 spiro atoms. The Labute approximate surface area is 180 Å². The Kier molecular flexibility index (Phi) is 12.9. The van der Waals surface area contributed by atoms with Gasteiger partial charge in [0.2, 0.25) is 0 Å². The van der Waals surface area contributed by atoms with Crippen LogP contribution in [-0.4, -0.2) is 128 Å². The molecule has 11 N–H and O–H groups in total. The molecule has 0 aliphatic carbocycles. The number of nitrogens with two attached hydrogens (primary N) is 1. The van der Waals surface area contributed by atoms with Gasteiger partial charge in [-0.1, -0.05) is 12.8 Å². The molecule has 13 heteroatoms. The second kappa shape index (κ2) is 14.2. The normalized spacial score (nSPS) is 30.4. The molecule has 0 aromatic carbocycles. The van der Waals surface area contributed by atoms with Crippen molar-refractivity contribution >= 4 is 5.91 Å². The van der Waals surface area contributed by atoms with Crippen LogP contribution in [0.5, 0.6) is 0 Å². The predicted octanol–water partition coefficient (Wildman–Crippen LogP) is -5.12. The average Bonchev–Trinajstić information content (AvgIpc) is 2.77. The first-order valence-corrected chi connectivity index (χ1v) is 10.3. The van der Waals surface area contributed by atoms with Crippen molar-refractivity contribution in [2.45, 2.75) is 80.8 Å². The van der Waals surface area contributed by atoms with E-state index in [9.17, 15) is 45.6 Å². The van der Waals surface area contributed by atoms with Crippen LogP contribution < -0.4 is 11.1 Å². The summed E-state index contributed by atoms with van der Waals surface area (Å²) in [6.07, 6.45) is -12.9. The molecule has 1 heterocycles. The summed E-state index contributed by atoms with van der Waals surface area (Å²) in [5.41, 5.74) is 5.39. The van der Waals surface area contributed by atoms with Crippen molar-refractivity contribution < 1.29 is 55.1 Å². The van der Waals surface area contributed by atoms with Crippen LogP contribution in [0, 0.1) is 0 Å². The summed E-state index contributed by atoms with van der Waals surface area (Å²) in [7, 11) is 0. The minimum absolute atomic E-state index is 0.230. The Morgan fingerprint density at radius 1 is 1.00 bits per heavy atom. The van der Waals surface area contributed by atoms with Crippen LogP contribution in [-0.2, 0) is 14.3 Å². The van der Waals surface area contributed by atoms with E-state index < -0.39 is 74.2 Å². The number of aliphatic hydroxyl groups excluding tert-OH is 8. The largest absolute Gasteiger partial charge is 0.394 e. The van der Waals surface area contributed by atoms with Gasteiger partial charge in [0.1, 0.15) is 42.7 Å². The van der Waals surface area contributed by atoms with E-state index in [4.69, 9.17) is 15.2 Å². The lowest BCUT2D eigenvalue weighted by Crippen LogP contribution is -2.62. The molecule has 1 aliphatic heterocycles. The Balaban J connectivity index is 2.73. The maximum Gasteiger partial charge on any atom is 0.251 e. The zero-order valence-electron chi connectivity index (χ0n) is 17.2. The molecule has 1 saturated heterocycles. The summed E-state index contributed by atoms with van der Waals surface area (Å²) in [5, 5.41) is 81.0. The number of hydrogen-bond acceptors (Lipinski definition) is 12. The first-order valence-electron chi connectivity index (χ1n) is 10.3. The van der Waals surface area contributed by atoms with E-state index in [1.807, 2.05) is 0 Å². The molecule has 31 heavy (non-hydrogen) atoms. The molecule has 0 radical (unpaired) electrons. The molecule has 0 aromatic rings. The number of hydrogen-bond donors (Lipinski definition) is 10. The van der Waals surface area contributed by atoms with Crippen LogP contribution in [0.3, 0.4) is 0 Å². The summed E-state index contributed by atoms with van der Waals surface area (Å²) in [6, 6.07) is 0. The zero-order chi connectivity index (χ0) is 23.6. The Morgan fingerprint density at radius 2 is 1.65 bits per heavy atom. The van der Waals surface area contributed by atoms with Crippen molar-refractivity contribution in [1.29, 1.82) is 0 Å². The van der Waals surface area contributed by atoms with Gasteiger partial charge < -0.3 is 61.4 Å². The molecule has 0 unspecified atom stereocenters. The number of amides is 1. The van der Waals surface area contributed by atoms with Gasteiger partial charge in [0.25, 0.3) is 5.91 Å². The maximum absolute atomic E-state index is 12.1. The minimum Gasteiger partial charge on any atom is -0.394 e. The number of ether oxygens (including phenoxy) is 2. The Morgan fingerprint density at radius 3 is 2.23 bits per heavy atom. The van der Waals surface area contributed by atoms with Crippen molar-refractivity contribution in [2.24, 2.45) is 5.73 Å². The molecular weight excluding hydrogens is 420 g/mol. The molecule has 1 rings (SSSR count). The average molecular weight is 456 g/mol. The summed E-state index contributed by atoms with van der Waals surface area (Å²) < 4.78 is 10.4. The molecule has 1 fully saturated rings. The zero-order valence-corrected chi connectivity index (χ0v) is 17.2. The monoisotopic (exact) mass is 456 g/mol. The predicted molar refractivity (Wildman–Crippen MR) is 104 cm³/mol. The molecule has 0 aromatic heterocycles. The number of carbonyl (C=O) groups excluding carboxylic acids is 1. The van der Waals surface area contributed by atoms with Crippen molar-refractivity contribution in [1.82, 2.24) is 5.32 Å². The lowest BCUT2D eigenvalue weighted by molar-refractivity contribution is -0.326. The third-order valence-corrected chi connectivity index (χ3v) is 5.06. The lowest BCUT2D eigenvalue weighted by Gasteiger charge is -2.42. The van der Waals surface area contributed by atoms with Crippen molar-refractivity contribution in [2.75, 3.05) is 26.3 Å². The van der Waals surface area contributed by atoms with Gasteiger partial charge in [-0.15, -0.1) is 0 Å². The Bertz CT molecular complexity index is 513. The van der Waals surface area contributed by atoms with E-state index in [-0.39, 0.29) is 6.54 Å². The van der Waals surface area contributed by atoms with Crippen molar-refractivity contribution in [3.05, 3.63) is 0 Å². The highest BCUT2D eigenvalue weighted by molar-refractivity contribution is 5.81. The summed E-state index contributed by atoms with van der Waals surface area (Å²) in [4.78, 5) is 12.1. The highest BCUT2D eigenvalue weighted by Gasteiger charge is 2.47. The van der Waals surface area contributed by atoms with E-state index in [1.165, 1.54) is 0 Å². The number of aliphatic hydroxyl groups is 8. The van der Waals surface area contributed by atoms with Crippen LogP contribution in [0.1, 0.15) is 25.7 Å². The van der Waals surface area contributed by atoms with Crippen LogP contribution in [0.15, 0.2) is 0 Å². The number of unbranched alkanes of at least 4 members (excludes halogenated alkanes) is 3. The van der Waals surface area contributed by atoms with Gasteiger partial charge in [-0.05, 0) is 19.4 Å². The highest BCUT2D eigenvalue weighted by Crippen LogP contribution is 2.25. The van der Waals surface area contributed by atoms with E-state index in [0.29, 0.717) is 13.0 Å². The van der Waals surface area contributed by atoms with Crippen LogP contribution >= 0.6 is 0 Å². The van der Waals surface area contributed by atoms with Gasteiger partial charge in [-0.3, -0.25) is 4.79 Å². The minimum atomic E-state index is -2.06. The topological polar surface area (TPSA) is 235 Å². The number of rotatable bonds is 14. The van der Waals surface area contributed by atoms with Crippen molar-refractivity contribution in [3.8, 4) is 0 Å². The van der Waals surface area contributed by atoms with Gasteiger partial charge in [0.15, 0.2) is 12.4 Å². The standard InChI is InChI=1S/C18H36N2O11/c19-5-3-1-2-4-6-20-17(29)14(27)13(26)16(9(23)7-21)31-18-15(28)12(25)11(24)10(8-22)30-18/h9-16,18,21-28H,1-8,19H2,(H,20,29)/t9-,10-,11+,12+,13-,14-,15-,16-,18+/m1/s1. The lowest BCUT2D eigenvalue weighted by atomic mass is 9.98. The summed E-state index contributed by atoms with van der Waals surface area (Å²) >= 11 is 0. The summed E-state index contributed by atoms with van der Waals surface area (Å²) in [5.74, 6) is -0.945. The maximum atomic E-state index is 12.1. The molecule has 13 nitrogen and oxygen atoms in total. The third-order valence-electron chi connectivity index (χ3n) is 5.06. The van der Waals surface area contributed by atoms with E-state index in [1.54, 1.807) is 0 Å². The first-order chi connectivity index (χ1) is 14.7. The molecule has 0 bridgehead atoms. The van der Waals surface area contributed by atoms with Gasteiger partial charge in [-0.2, -0.15) is 0 Å². The molecular formula is C18H36N2O11. The quantitative estimate of drug-likeness (QED) is 0.110. The fraction of sp³-hybridized carbons (Fsp3) is 0.944. The molecule has 9 atom stereocenters. The van der Waals surface area contributed by atoms with E-state index >= 15 is 0 Å². The first kappa shape index (κ1) is 28.1. The molecule has 184 valence electrons. The number of nitrogens with one attached hydrogen (secondary N) is 1. The second-order valence-corrected chi connectivity index (χ2v) is 7.48. The fourth-order valence-corrected chi connectivity index (χ4v) is 3.11. The Hall–Kier alpha value is -0.970. The van der Waals surface area contributed by atoms with Crippen LogP contribution in [0.4, 0.5) is 0 Å². The van der Waals surface area contributed by atoms with E-state index in [2.05, 4.69) is 5.32 Å². The van der Waals surface area contributed by atoms with Gasteiger partial charge >= 0.3 is 0 Å². The smallest absolute Gasteiger partial charge is 0.251 e. The summed E-state index contributed by atoms with van der Waals surface area (Å²) in [6.45, 7) is -0.875. The van der Waals surface area contributed by atoms with Crippen LogP contribution in [0.2, 0.25) is 0 Å². The SMILES string of the molecule is NCCCCCCNC(=O)[C@H](O)[C@@H](O)[C@H](O[C@@H]1O[C@H](CO)[C@H](O)[C@H](O)[C@H]1O)[C@H](O)CO. The molecule has 1 aliphatic rings. The molecule has 0 saturated carbocycles. The third kappa shape index (κ3) is 8.14. The molecule has 1 amide bonds. The highest BCUT2D eigenvalue weighted by atomic mass is 16.7. The van der Waals surface area contributed by atoms with Crippen molar-refractivity contribution in [3.63, 3.8) is 0 Å². The van der Waals surface area contributed by atoms with Crippen LogP contribution in [0.25, 0.3) is 0 Å². The van der Waals surface area contributed by atoms with Gasteiger partial charge in [-0.25, -0.2) is 0 Å². The van der Waals surface area contributed by atoms with Gasteiger partial charge in [0.05, 0.1) is 13.2 Å². The number of carbonyl (C=O) groups is 1. The van der Waals surface area contributed by atoms with E-state index in [0.717, 1.165) is 19.3 Å².